The first-order valence-corrected chi connectivity index (χ1v) is 10.8. The van der Waals surface area contributed by atoms with Crippen LogP contribution in [0.25, 0.3) is 51.1 Å². The molecule has 0 N–H and O–H groups in total. The number of imidazole rings is 1. The third-order valence-corrected chi connectivity index (χ3v) is 5.48. The highest BCUT2D eigenvalue weighted by molar-refractivity contribution is 5.82. The minimum atomic E-state index is 0.537. The van der Waals surface area contributed by atoms with Crippen LogP contribution >= 0.6 is 0 Å². The maximum absolute atomic E-state index is 4.93. The van der Waals surface area contributed by atoms with Crippen LogP contribution in [0.3, 0.4) is 0 Å². The first-order chi connectivity index (χ1) is 16.4. The fraction of sp³-hybridized carbons (Fsp3) is 0. The van der Waals surface area contributed by atoms with E-state index in [2.05, 4.69) is 12.1 Å². The summed E-state index contributed by atoms with van der Waals surface area (Å²) in [7, 11) is 0. The molecular weight excluding hydrogens is 406 g/mol. The predicted octanol–water partition coefficient (Wildman–Crippen LogP) is 6.21. The summed E-state index contributed by atoms with van der Waals surface area (Å²) >= 11 is 0. The Kier molecular flexibility index (Phi) is 4.70. The van der Waals surface area contributed by atoms with E-state index in [1.807, 2.05) is 108 Å². The Bertz CT molecular complexity index is 1480. The molecule has 6 rings (SSSR count). The molecule has 33 heavy (non-hydrogen) atoms. The second kappa shape index (κ2) is 8.13. The van der Waals surface area contributed by atoms with Crippen molar-refractivity contribution in [3.8, 4) is 40.1 Å². The predicted molar refractivity (Wildman–Crippen MR) is 131 cm³/mol. The highest BCUT2D eigenvalue weighted by atomic mass is 15.2. The Morgan fingerprint density at radius 2 is 0.909 bits per heavy atom. The van der Waals surface area contributed by atoms with E-state index in [-0.39, 0.29) is 0 Å². The van der Waals surface area contributed by atoms with E-state index < -0.39 is 0 Å². The monoisotopic (exact) mass is 425 g/mol. The number of hydrogen-bond acceptors (Lipinski definition) is 4. The molecule has 156 valence electrons. The zero-order chi connectivity index (χ0) is 22.0. The summed E-state index contributed by atoms with van der Waals surface area (Å²) in [6, 6.07) is 38.2. The summed E-state index contributed by atoms with van der Waals surface area (Å²) in [5.41, 5.74) is 4.70. The molecule has 0 radical (unpaired) electrons. The van der Waals surface area contributed by atoms with Gasteiger partial charge in [-0.3, -0.25) is 4.57 Å². The molecule has 0 aliphatic rings. The van der Waals surface area contributed by atoms with Gasteiger partial charge in [0.1, 0.15) is 5.82 Å². The lowest BCUT2D eigenvalue weighted by atomic mass is 10.2. The lowest BCUT2D eigenvalue weighted by Gasteiger charge is -2.11. The molecule has 0 spiro atoms. The largest absolute Gasteiger partial charge is 0.260 e. The fourth-order valence-corrected chi connectivity index (χ4v) is 3.91. The highest BCUT2D eigenvalue weighted by Crippen LogP contribution is 2.29. The molecule has 0 fully saturated rings. The van der Waals surface area contributed by atoms with Crippen LogP contribution in [0.4, 0.5) is 0 Å². The summed E-state index contributed by atoms with van der Waals surface area (Å²) in [6.45, 7) is 0. The van der Waals surface area contributed by atoms with Gasteiger partial charge in [0.05, 0.1) is 11.0 Å². The van der Waals surface area contributed by atoms with Gasteiger partial charge < -0.3 is 0 Å². The highest BCUT2D eigenvalue weighted by Gasteiger charge is 2.19. The summed E-state index contributed by atoms with van der Waals surface area (Å²) in [4.78, 5) is 19.6. The minimum Gasteiger partial charge on any atom is -0.260 e. The van der Waals surface area contributed by atoms with Gasteiger partial charge in [-0.2, -0.15) is 9.97 Å². The Labute approximate surface area is 191 Å². The van der Waals surface area contributed by atoms with E-state index in [1.165, 1.54) is 0 Å². The van der Waals surface area contributed by atoms with Crippen LogP contribution in [0.1, 0.15) is 0 Å². The zero-order valence-electron chi connectivity index (χ0n) is 17.7. The van der Waals surface area contributed by atoms with Crippen molar-refractivity contribution in [1.82, 2.24) is 24.5 Å². The second-order valence-electron chi connectivity index (χ2n) is 7.64. The van der Waals surface area contributed by atoms with Crippen LogP contribution in [0.5, 0.6) is 0 Å². The number of para-hydroxylation sites is 2. The number of aromatic nitrogens is 5. The van der Waals surface area contributed by atoms with Crippen LogP contribution < -0.4 is 0 Å². The van der Waals surface area contributed by atoms with Crippen LogP contribution in [0, 0.1) is 0 Å². The van der Waals surface area contributed by atoms with E-state index in [0.29, 0.717) is 17.6 Å². The first-order valence-electron chi connectivity index (χ1n) is 10.8. The molecular formula is C28H19N5. The van der Waals surface area contributed by atoms with Crippen LogP contribution in [-0.4, -0.2) is 24.5 Å². The molecule has 6 aromatic rings. The van der Waals surface area contributed by atoms with Gasteiger partial charge in [0.25, 0.3) is 0 Å². The molecule has 5 heteroatoms. The molecule has 0 bridgehead atoms. The third-order valence-electron chi connectivity index (χ3n) is 5.48. The minimum absolute atomic E-state index is 0.537. The van der Waals surface area contributed by atoms with Gasteiger partial charge in [0, 0.05) is 16.7 Å². The first kappa shape index (κ1) is 19.1. The van der Waals surface area contributed by atoms with Crippen molar-refractivity contribution in [2.24, 2.45) is 0 Å². The number of nitrogens with zero attached hydrogens (tertiary/aromatic N) is 5. The van der Waals surface area contributed by atoms with Crippen LogP contribution in [-0.2, 0) is 0 Å². The number of hydrogen-bond donors (Lipinski definition) is 0. The van der Waals surface area contributed by atoms with Gasteiger partial charge in [0.2, 0.25) is 5.95 Å². The van der Waals surface area contributed by atoms with E-state index >= 15 is 0 Å². The fourth-order valence-electron chi connectivity index (χ4n) is 3.91. The average molecular weight is 425 g/mol. The Morgan fingerprint density at radius 1 is 0.424 bits per heavy atom. The Balaban J connectivity index is 1.66. The van der Waals surface area contributed by atoms with Gasteiger partial charge >= 0.3 is 0 Å². The van der Waals surface area contributed by atoms with Gasteiger partial charge in [-0.25, -0.2) is 9.97 Å². The zero-order valence-corrected chi connectivity index (χ0v) is 17.7. The molecule has 0 aliphatic carbocycles. The summed E-state index contributed by atoms with van der Waals surface area (Å²) < 4.78 is 2.02. The van der Waals surface area contributed by atoms with Crippen molar-refractivity contribution in [3.05, 3.63) is 115 Å². The molecule has 0 aliphatic heterocycles. The van der Waals surface area contributed by atoms with Crippen LogP contribution in [0.15, 0.2) is 115 Å². The molecule has 0 saturated heterocycles. The molecule has 4 aromatic carbocycles. The number of fused-ring (bicyclic) bond motifs is 1. The Morgan fingerprint density at radius 3 is 1.48 bits per heavy atom. The molecule has 0 atom stereocenters. The van der Waals surface area contributed by atoms with E-state index in [4.69, 9.17) is 19.9 Å². The normalized spacial score (nSPS) is 11.0. The maximum atomic E-state index is 4.93. The van der Waals surface area contributed by atoms with Gasteiger partial charge in [-0.15, -0.1) is 0 Å². The summed E-state index contributed by atoms with van der Waals surface area (Å²) in [6.07, 6.45) is 0. The van der Waals surface area contributed by atoms with Gasteiger partial charge in [-0.1, -0.05) is 103 Å². The van der Waals surface area contributed by atoms with Crippen molar-refractivity contribution >= 4 is 11.0 Å². The van der Waals surface area contributed by atoms with Crippen molar-refractivity contribution < 1.29 is 0 Å². The van der Waals surface area contributed by atoms with E-state index in [0.717, 1.165) is 33.5 Å². The molecule has 0 amide bonds. The third kappa shape index (κ3) is 3.55. The number of rotatable bonds is 4. The smallest absolute Gasteiger partial charge is 0.240 e. The lowest BCUT2D eigenvalue weighted by Crippen LogP contribution is -2.07. The quantitative estimate of drug-likeness (QED) is 0.337. The SMILES string of the molecule is c1ccc(-c2nc(-c3ccccc3)nc(-n3c(-c4ccccc4)nc4ccccc43)n2)cc1. The van der Waals surface area contributed by atoms with E-state index in [1.54, 1.807) is 0 Å². The molecule has 2 heterocycles. The second-order valence-corrected chi connectivity index (χ2v) is 7.64. The molecule has 0 unspecified atom stereocenters. The van der Waals surface area contributed by atoms with Gasteiger partial charge in [-0.05, 0) is 12.1 Å². The number of benzene rings is 4. The summed E-state index contributed by atoms with van der Waals surface area (Å²) in [5.74, 6) is 2.57. The molecule has 2 aromatic heterocycles. The Hall–Kier alpha value is -4.64. The maximum Gasteiger partial charge on any atom is 0.240 e. The van der Waals surface area contributed by atoms with Crippen molar-refractivity contribution in [3.63, 3.8) is 0 Å². The summed E-state index contributed by atoms with van der Waals surface area (Å²) in [5, 5.41) is 0. The average Bonchev–Trinajstić information content (AvgIpc) is 3.30. The molecule has 0 saturated carbocycles. The lowest BCUT2D eigenvalue weighted by molar-refractivity contribution is 0.929. The molecule has 5 nitrogen and oxygen atoms in total. The van der Waals surface area contributed by atoms with Crippen molar-refractivity contribution in [1.29, 1.82) is 0 Å². The topological polar surface area (TPSA) is 56.5 Å². The van der Waals surface area contributed by atoms with E-state index in [9.17, 15) is 0 Å². The standard InChI is InChI=1S/C28H19N5/c1-4-12-20(13-5-1)25-30-26(21-14-6-2-7-15-21)32-28(31-25)33-24-19-11-10-18-23(24)29-27(33)22-16-8-3-9-17-22/h1-19H. The van der Waals surface area contributed by atoms with Gasteiger partial charge in [0.15, 0.2) is 11.6 Å². The van der Waals surface area contributed by atoms with Crippen molar-refractivity contribution in [2.75, 3.05) is 0 Å². The van der Waals surface area contributed by atoms with Crippen LogP contribution in [0.2, 0.25) is 0 Å². The van der Waals surface area contributed by atoms with Crippen molar-refractivity contribution in [2.45, 2.75) is 0 Å².